The zero-order valence-electron chi connectivity index (χ0n) is 41.3. The number of imide groups is 1. The van der Waals surface area contributed by atoms with E-state index in [1.165, 1.54) is 33.9 Å². The average Bonchev–Trinajstić information content (AvgIpc) is 4.10. The van der Waals surface area contributed by atoms with Crippen LogP contribution in [0.1, 0.15) is 37.6 Å². The average molecular weight is 1270 g/mol. The van der Waals surface area contributed by atoms with Crippen molar-refractivity contribution in [3.8, 4) is 18.1 Å². The van der Waals surface area contributed by atoms with Crippen molar-refractivity contribution in [2.24, 2.45) is 5.14 Å². The Morgan fingerprint density at radius 2 is 1.56 bits per heavy atom. The molecule has 2 aromatic carbocycles. The van der Waals surface area contributed by atoms with E-state index in [2.05, 4.69) is 73.9 Å². The summed E-state index contributed by atoms with van der Waals surface area (Å²) in [6, 6.07) is 12.6. The number of terminal acetylenes is 1. The quantitative estimate of drug-likeness (QED) is 0.0104. The fraction of sp³-hybridized carbons (Fsp3) is 0.458. The number of aromatic nitrogens is 4. The minimum absolute atomic E-state index is 0. The molecule has 2 aromatic heterocycles. The predicted octanol–water partition coefficient (Wildman–Crippen LogP) is -1.71. The third-order valence-electron chi connectivity index (χ3n) is 11.9. The molecule has 0 radical (unpaired) electrons. The summed E-state index contributed by atoms with van der Waals surface area (Å²) in [6.07, 6.45) is -8.21. The van der Waals surface area contributed by atoms with Crippen molar-refractivity contribution in [1.29, 1.82) is 0 Å². The highest BCUT2D eigenvalue weighted by Crippen LogP contribution is 2.35. The van der Waals surface area contributed by atoms with Gasteiger partial charge in [-0.3, -0.25) is 28.3 Å². The maximum Gasteiger partial charge on any atom is 0.335 e. The first-order valence-corrected chi connectivity index (χ1v) is 26.8. The fourth-order valence-corrected chi connectivity index (χ4v) is 9.07. The second-order valence-electron chi connectivity index (χ2n) is 17.4. The van der Waals surface area contributed by atoms with Gasteiger partial charge in [-0.2, -0.15) is 14.5 Å². The number of hydrogen-bond acceptors (Lipinski definition) is 22. The molecule has 0 spiro atoms. The fourth-order valence-electron chi connectivity index (χ4n) is 7.98. The molecule has 4 aromatic rings. The van der Waals surface area contributed by atoms with Gasteiger partial charge >= 0.3 is 16.3 Å². The largest absolute Gasteiger partial charge is 0.522 e. The lowest BCUT2D eigenvalue weighted by atomic mass is 9.99. The number of carbonyl (C=O) groups excluding carboxylic acids is 4. The van der Waals surface area contributed by atoms with E-state index in [4.69, 9.17) is 40.0 Å². The standard InChI is InChI=1S/C47H52Br2N9O20S.CH4/c1-2-24-4-3-5-26(18-24)54-41-34-42(58(23-52-34)45-38(64)35(61)29(76-45)21-75-79(50,70)71)56(22-53-41)20-25-6-7-28(77-47-39(65)36(62)37(63)40(78-47)46(68)69)27(19-25)55-31(60)8-10-51-30(59)9-12-72-14-16-74-17-15-73-13-11-57-43(66)32(48)33(49)44(57)67;/h1,3-7,18,22-23,29,35-40,45,47,61-65H,8-17,20-21H2,(H5,50,51,55,59,60,68,69,70,71);1H4/q-1;/p+1/t29-,35-,36+,37+,38-,39-,40+,45-,47-;/m1./s1. The van der Waals surface area contributed by atoms with Crippen molar-refractivity contribution in [3.05, 3.63) is 75.2 Å². The van der Waals surface area contributed by atoms with E-state index < -0.39 is 102 Å². The van der Waals surface area contributed by atoms with Crippen LogP contribution in [0.4, 0.5) is 17.2 Å². The summed E-state index contributed by atoms with van der Waals surface area (Å²) in [5.74, 6) is -1.26. The number of imidazole rings is 1. The van der Waals surface area contributed by atoms with Crippen LogP contribution < -0.4 is 30.4 Å². The van der Waals surface area contributed by atoms with E-state index in [0.717, 1.165) is 4.90 Å². The van der Waals surface area contributed by atoms with Gasteiger partial charge in [-0.15, -0.1) is 24.1 Å². The number of nitrogens with two attached hydrogens (primary N) is 1. The van der Waals surface area contributed by atoms with Gasteiger partial charge in [-0.05, 0) is 55.7 Å². The number of benzene rings is 2. The van der Waals surface area contributed by atoms with Crippen LogP contribution in [0.25, 0.3) is 11.2 Å². The number of fused-ring (bicyclic) bond motifs is 1. The third-order valence-corrected chi connectivity index (χ3v) is 14.4. The number of halogens is 2. The first-order chi connectivity index (χ1) is 37.6. The minimum atomic E-state index is -4.47. The molecule has 2 fully saturated rings. The number of amides is 4. The molecule has 80 heavy (non-hydrogen) atoms. The summed E-state index contributed by atoms with van der Waals surface area (Å²) >= 11 is 6.12. The molecule has 7 rings (SSSR count). The van der Waals surface area contributed by atoms with Crippen LogP contribution in [0.2, 0.25) is 0 Å². The zero-order chi connectivity index (χ0) is 57.1. The SMILES string of the molecule is C.C#Cc1cccc(Nc2nc[n+](Cc3[c-]c(NC(=O)CCNC(=O)CCOCCOCCOCCN4C(=O)C(Br)=C(Br)C4=O)c(O[C@@H]4O[C@H](C(=O)O)[C@@H](O)[C@H](O)[C@H]4O)cc3)c3c2ncn3[C@@H]2O[C@H](COS(N)(=O)=O)[C@@H](O)[C@H]2O)c1. The number of nitrogens with one attached hydrogen (secondary N) is 3. The van der Waals surface area contributed by atoms with Crippen LogP contribution in [0.15, 0.2) is 58.0 Å². The summed E-state index contributed by atoms with van der Waals surface area (Å²) in [4.78, 5) is 72.3. The zero-order valence-corrected chi connectivity index (χ0v) is 45.2. The Kier molecular flexibility index (Phi) is 22.5. The molecular weight excluding hydrogens is 1210 g/mol. The third kappa shape index (κ3) is 15.9. The smallest absolute Gasteiger partial charge is 0.335 e. The summed E-state index contributed by atoms with van der Waals surface area (Å²) < 4.78 is 64.3. The van der Waals surface area contributed by atoms with Crippen LogP contribution in [-0.4, -0.2) is 196 Å². The number of hydrogen-bond donors (Lipinski definition) is 10. The first-order valence-electron chi connectivity index (χ1n) is 23.8. The van der Waals surface area contributed by atoms with Gasteiger partial charge in [0, 0.05) is 36.4 Å². The lowest BCUT2D eigenvalue weighted by molar-refractivity contribution is -0.668. The van der Waals surface area contributed by atoms with E-state index in [1.54, 1.807) is 24.3 Å². The Morgan fingerprint density at radius 1 is 0.875 bits per heavy atom. The van der Waals surface area contributed by atoms with Crippen molar-refractivity contribution in [3.63, 3.8) is 0 Å². The number of rotatable bonds is 27. The Hall–Kier alpha value is -6.13. The normalized spacial score (nSPS) is 23.0. The number of aliphatic hydroxyl groups excluding tert-OH is 5. The van der Waals surface area contributed by atoms with Crippen LogP contribution in [0, 0.1) is 18.4 Å². The van der Waals surface area contributed by atoms with Crippen molar-refractivity contribution >= 4 is 100 Å². The minimum Gasteiger partial charge on any atom is -0.522 e. The molecule has 0 unspecified atom stereocenters. The van der Waals surface area contributed by atoms with Gasteiger partial charge in [0.05, 0.1) is 59.3 Å². The van der Waals surface area contributed by atoms with Gasteiger partial charge in [-0.25, -0.2) is 24.1 Å². The molecule has 0 bridgehead atoms. The molecule has 4 amide bonds. The summed E-state index contributed by atoms with van der Waals surface area (Å²) in [6.45, 7) is -0.140. The maximum absolute atomic E-state index is 13.5. The van der Waals surface area contributed by atoms with Crippen LogP contribution in [0.5, 0.6) is 5.75 Å². The van der Waals surface area contributed by atoms with Crippen molar-refractivity contribution in [2.75, 3.05) is 70.0 Å². The Morgan fingerprint density at radius 3 is 2.24 bits per heavy atom. The second kappa shape index (κ2) is 28.5. The van der Waals surface area contributed by atoms with E-state index >= 15 is 0 Å². The highest BCUT2D eigenvalue weighted by atomic mass is 79.9. The number of aliphatic hydroxyl groups is 5. The lowest BCUT2D eigenvalue weighted by Gasteiger charge is -2.40. The Bertz CT molecular complexity index is 3070. The molecule has 9 atom stereocenters. The molecule has 434 valence electrons. The monoisotopic (exact) mass is 1270 g/mol. The van der Waals surface area contributed by atoms with Crippen LogP contribution in [0.3, 0.4) is 0 Å². The summed E-state index contributed by atoms with van der Waals surface area (Å²) in [7, 11) is -4.47. The number of carboxylic acid groups (broad SMARTS) is 1. The van der Waals surface area contributed by atoms with Crippen LogP contribution in [-0.2, 0) is 68.7 Å². The van der Waals surface area contributed by atoms with Gasteiger partial charge in [-0.1, -0.05) is 24.4 Å². The molecular formula is C48H57Br2N9O20S. The maximum atomic E-state index is 13.5. The van der Waals surface area contributed by atoms with Gasteiger partial charge in [0.15, 0.2) is 17.9 Å². The molecule has 3 aliphatic heterocycles. The number of ether oxygens (including phenoxy) is 6. The lowest BCUT2D eigenvalue weighted by Crippen LogP contribution is -2.61. The van der Waals surface area contributed by atoms with Gasteiger partial charge in [0.1, 0.15) is 45.6 Å². The predicted molar refractivity (Wildman–Crippen MR) is 281 cm³/mol. The highest BCUT2D eigenvalue weighted by Gasteiger charge is 2.49. The molecule has 11 N–H and O–H groups in total. The highest BCUT2D eigenvalue weighted by molar-refractivity contribution is 9.14. The summed E-state index contributed by atoms with van der Waals surface area (Å²) in [5, 5.41) is 76.7. The molecule has 0 saturated carbocycles. The van der Waals surface area contributed by atoms with E-state index in [1.807, 2.05) is 0 Å². The number of aliphatic carboxylic acids is 1. The summed E-state index contributed by atoms with van der Waals surface area (Å²) in [5.41, 5.74) is 1.53. The second-order valence-corrected chi connectivity index (χ2v) is 20.2. The number of anilines is 3. The van der Waals surface area contributed by atoms with E-state index in [0.29, 0.717) is 11.3 Å². The molecule has 2 saturated heterocycles. The van der Waals surface area contributed by atoms with Gasteiger partial charge in [0.2, 0.25) is 36.5 Å². The Balaban J connectivity index is 0.0000103. The molecule has 32 heteroatoms. The van der Waals surface area contributed by atoms with Gasteiger partial charge < -0.3 is 75.0 Å². The van der Waals surface area contributed by atoms with Gasteiger partial charge in [0.25, 0.3) is 17.5 Å². The topological polar surface area (TPSA) is 405 Å². The van der Waals surface area contributed by atoms with E-state index in [-0.39, 0.29) is 122 Å². The number of carboxylic acids is 1. The first kappa shape index (κ1) is 63.1. The Labute approximate surface area is 473 Å². The molecule has 5 heterocycles. The molecule has 3 aliphatic rings. The van der Waals surface area contributed by atoms with Crippen molar-refractivity contribution < 1.29 is 100 Å². The van der Waals surface area contributed by atoms with Crippen molar-refractivity contribution in [2.45, 2.75) is 82.1 Å². The number of nitrogens with zero attached hydrogens (tertiary/aromatic N) is 5. The van der Waals surface area contributed by atoms with Crippen LogP contribution >= 0.6 is 31.9 Å². The number of carbonyl (C=O) groups is 5. The molecule has 0 aliphatic carbocycles. The van der Waals surface area contributed by atoms with E-state index in [9.17, 15) is 63.0 Å². The van der Waals surface area contributed by atoms with Crippen molar-refractivity contribution in [1.82, 2.24) is 24.8 Å². The molecule has 29 nitrogen and oxygen atoms in total.